The van der Waals surface area contributed by atoms with E-state index in [1.54, 1.807) is 0 Å². The van der Waals surface area contributed by atoms with Gasteiger partial charge in [0.1, 0.15) is 0 Å². The molecule has 1 heteroatoms. The second-order valence-electron chi connectivity index (χ2n) is 17.1. The van der Waals surface area contributed by atoms with Crippen molar-refractivity contribution >= 4 is 17.1 Å². The van der Waals surface area contributed by atoms with Gasteiger partial charge in [-0.15, -0.1) is 0 Å². The van der Waals surface area contributed by atoms with Gasteiger partial charge in [0, 0.05) is 22.4 Å². The van der Waals surface area contributed by atoms with E-state index in [2.05, 4.69) is 158 Å². The van der Waals surface area contributed by atoms with E-state index < -0.39 is 0 Å². The number of rotatable bonds is 7. The molecule has 0 N–H and O–H groups in total. The lowest BCUT2D eigenvalue weighted by molar-refractivity contribution is 0.420. The summed E-state index contributed by atoms with van der Waals surface area (Å²) in [7, 11) is 0. The molecule has 0 saturated heterocycles. The standard InChI is InChI=1S/C52H51N/c1-52(2)47-20-12-19-44(38-15-8-4-9-16-38)50(47)45-31-32-48(49(51(45)52)40-17-10-5-11-18-40)53(42-27-23-37(24-28-42)36-13-6-3-7-14-36)43-29-25-39(26-30-43)46-34-35-21-22-41(46)33-35/h4-5,8-12,15-20,23-32,35-36,41,46H,3,6-7,13-14,21-22,33-34H2,1-2H3. The van der Waals surface area contributed by atoms with Crippen molar-refractivity contribution in [1.82, 2.24) is 0 Å². The Morgan fingerprint density at radius 3 is 1.81 bits per heavy atom. The molecular weight excluding hydrogens is 639 g/mol. The highest BCUT2D eigenvalue weighted by Crippen LogP contribution is 2.58. The summed E-state index contributed by atoms with van der Waals surface area (Å²) in [5.41, 5.74) is 17.3. The second kappa shape index (κ2) is 13.2. The summed E-state index contributed by atoms with van der Waals surface area (Å²) in [5, 5.41) is 0. The van der Waals surface area contributed by atoms with Crippen LogP contribution in [0.1, 0.15) is 106 Å². The SMILES string of the molecule is CC1(C)c2cccc(-c3ccccc3)c2-c2ccc(N(c3ccc(C4CCCCC4)cc3)c3ccc(C4CC5CCC4C5)cc3)c(-c3ccccc3)c21. The van der Waals surface area contributed by atoms with Crippen LogP contribution in [0.15, 0.2) is 140 Å². The minimum atomic E-state index is -0.196. The highest BCUT2D eigenvalue weighted by atomic mass is 15.1. The van der Waals surface area contributed by atoms with Gasteiger partial charge in [0.15, 0.2) is 0 Å². The minimum absolute atomic E-state index is 0.196. The number of hydrogen-bond acceptors (Lipinski definition) is 1. The van der Waals surface area contributed by atoms with Gasteiger partial charge in [-0.2, -0.15) is 0 Å². The van der Waals surface area contributed by atoms with Crippen LogP contribution in [0.4, 0.5) is 17.1 Å². The van der Waals surface area contributed by atoms with E-state index in [4.69, 9.17) is 0 Å². The van der Waals surface area contributed by atoms with Crippen LogP contribution in [0, 0.1) is 11.8 Å². The molecule has 0 spiro atoms. The Labute approximate surface area is 316 Å². The van der Waals surface area contributed by atoms with Crippen LogP contribution in [0.2, 0.25) is 0 Å². The lowest BCUT2D eigenvalue weighted by Gasteiger charge is -2.33. The molecule has 3 atom stereocenters. The third kappa shape index (κ3) is 5.58. The van der Waals surface area contributed by atoms with Crippen LogP contribution in [0.5, 0.6) is 0 Å². The summed E-state index contributed by atoms with van der Waals surface area (Å²) in [5.74, 6) is 3.23. The first-order chi connectivity index (χ1) is 26.0. The molecule has 53 heavy (non-hydrogen) atoms. The van der Waals surface area contributed by atoms with Crippen LogP contribution in [-0.2, 0) is 5.41 Å². The van der Waals surface area contributed by atoms with Gasteiger partial charge >= 0.3 is 0 Å². The van der Waals surface area contributed by atoms with Crippen LogP contribution < -0.4 is 4.90 Å². The van der Waals surface area contributed by atoms with Crippen LogP contribution in [-0.4, -0.2) is 0 Å². The van der Waals surface area contributed by atoms with Crippen molar-refractivity contribution in [1.29, 1.82) is 0 Å². The average Bonchev–Trinajstić information content (AvgIpc) is 3.92. The highest BCUT2D eigenvalue weighted by molar-refractivity contribution is 6.01. The van der Waals surface area contributed by atoms with Crippen LogP contribution in [0.3, 0.4) is 0 Å². The van der Waals surface area contributed by atoms with Crippen molar-refractivity contribution < 1.29 is 0 Å². The van der Waals surface area contributed by atoms with E-state index in [9.17, 15) is 0 Å². The summed E-state index contributed by atoms with van der Waals surface area (Å²) in [6.07, 6.45) is 12.4. The van der Waals surface area contributed by atoms with E-state index in [0.29, 0.717) is 5.92 Å². The van der Waals surface area contributed by atoms with Gasteiger partial charge < -0.3 is 4.90 Å². The molecular formula is C52H51N. The van der Waals surface area contributed by atoms with Gasteiger partial charge in [-0.05, 0) is 136 Å². The lowest BCUT2D eigenvalue weighted by Crippen LogP contribution is -2.19. The maximum atomic E-state index is 2.56. The molecule has 3 saturated carbocycles. The minimum Gasteiger partial charge on any atom is -0.310 e. The summed E-state index contributed by atoms with van der Waals surface area (Å²) in [4.78, 5) is 2.56. The molecule has 10 rings (SSSR count). The third-order valence-corrected chi connectivity index (χ3v) is 13.7. The summed E-state index contributed by atoms with van der Waals surface area (Å²) >= 11 is 0. The monoisotopic (exact) mass is 689 g/mol. The maximum Gasteiger partial charge on any atom is 0.0543 e. The fourth-order valence-electron chi connectivity index (χ4n) is 11.2. The van der Waals surface area contributed by atoms with Gasteiger partial charge in [-0.1, -0.05) is 149 Å². The number of benzene rings is 6. The van der Waals surface area contributed by atoms with E-state index in [0.717, 1.165) is 17.8 Å². The van der Waals surface area contributed by atoms with E-state index in [-0.39, 0.29) is 5.41 Å². The summed E-state index contributed by atoms with van der Waals surface area (Å²) in [6.45, 7) is 4.88. The van der Waals surface area contributed by atoms with E-state index in [1.807, 2.05) is 0 Å². The van der Waals surface area contributed by atoms with Crippen molar-refractivity contribution in [2.24, 2.45) is 11.8 Å². The second-order valence-corrected chi connectivity index (χ2v) is 17.1. The quantitative estimate of drug-likeness (QED) is 0.161. The Balaban J connectivity index is 1.17. The smallest absolute Gasteiger partial charge is 0.0543 e. The zero-order valence-electron chi connectivity index (χ0n) is 31.4. The molecule has 264 valence electrons. The van der Waals surface area contributed by atoms with Gasteiger partial charge in [-0.25, -0.2) is 0 Å². The fourth-order valence-corrected chi connectivity index (χ4v) is 11.2. The average molecular weight is 690 g/mol. The van der Waals surface area contributed by atoms with Gasteiger partial charge in [0.2, 0.25) is 0 Å². The van der Waals surface area contributed by atoms with Crippen molar-refractivity contribution in [3.8, 4) is 33.4 Å². The first-order valence-corrected chi connectivity index (χ1v) is 20.5. The molecule has 2 bridgehead atoms. The molecule has 1 nitrogen and oxygen atoms in total. The topological polar surface area (TPSA) is 3.24 Å². The Kier molecular flexibility index (Phi) is 8.16. The summed E-state index contributed by atoms with van der Waals surface area (Å²) < 4.78 is 0. The zero-order chi connectivity index (χ0) is 35.5. The highest BCUT2D eigenvalue weighted by Gasteiger charge is 2.42. The molecule has 0 aliphatic heterocycles. The van der Waals surface area contributed by atoms with Crippen molar-refractivity contribution in [2.45, 2.75) is 88.9 Å². The van der Waals surface area contributed by atoms with Crippen LogP contribution >= 0.6 is 0 Å². The molecule has 4 aliphatic carbocycles. The Bertz CT molecular complexity index is 2240. The van der Waals surface area contributed by atoms with Crippen molar-refractivity contribution in [3.63, 3.8) is 0 Å². The Morgan fingerprint density at radius 2 is 1.17 bits per heavy atom. The van der Waals surface area contributed by atoms with Gasteiger partial charge in [0.05, 0.1) is 5.69 Å². The van der Waals surface area contributed by atoms with Gasteiger partial charge in [0.25, 0.3) is 0 Å². The first-order valence-electron chi connectivity index (χ1n) is 20.5. The van der Waals surface area contributed by atoms with Crippen molar-refractivity contribution in [3.05, 3.63) is 162 Å². The van der Waals surface area contributed by atoms with Crippen LogP contribution in [0.25, 0.3) is 33.4 Å². The zero-order valence-corrected chi connectivity index (χ0v) is 31.4. The normalized spacial score (nSPS) is 21.4. The Hall–Kier alpha value is -4.88. The number of fused-ring (bicyclic) bond motifs is 5. The molecule has 6 aromatic rings. The molecule has 0 amide bonds. The first kappa shape index (κ1) is 32.7. The molecule has 4 aliphatic rings. The predicted octanol–water partition coefficient (Wildman–Crippen LogP) is 14.7. The lowest BCUT2D eigenvalue weighted by atomic mass is 9.78. The van der Waals surface area contributed by atoms with E-state index >= 15 is 0 Å². The summed E-state index contributed by atoms with van der Waals surface area (Å²) in [6, 6.07) is 53.4. The molecule has 6 aromatic carbocycles. The Morgan fingerprint density at radius 1 is 0.509 bits per heavy atom. The maximum absolute atomic E-state index is 2.56. The number of hydrogen-bond donors (Lipinski definition) is 0. The number of anilines is 3. The molecule has 0 radical (unpaired) electrons. The fraction of sp³-hybridized carbons (Fsp3) is 0.308. The molecule has 0 heterocycles. The number of nitrogens with zero attached hydrogens (tertiary/aromatic N) is 1. The molecule has 3 unspecified atom stereocenters. The molecule has 3 fully saturated rings. The van der Waals surface area contributed by atoms with Crippen molar-refractivity contribution in [2.75, 3.05) is 4.90 Å². The largest absolute Gasteiger partial charge is 0.310 e. The third-order valence-electron chi connectivity index (χ3n) is 13.7. The molecule has 0 aromatic heterocycles. The van der Waals surface area contributed by atoms with E-state index in [1.165, 1.54) is 130 Å². The van der Waals surface area contributed by atoms with Gasteiger partial charge in [-0.3, -0.25) is 0 Å². The predicted molar refractivity (Wildman–Crippen MR) is 224 cm³/mol.